The highest BCUT2D eigenvalue weighted by Gasteiger charge is 2.24. The molecule has 1 aromatic rings. The summed E-state index contributed by atoms with van der Waals surface area (Å²) in [7, 11) is 0. The first-order valence-corrected chi connectivity index (χ1v) is 5.89. The second-order valence-corrected chi connectivity index (χ2v) is 4.40. The molecule has 0 aromatic carbocycles. The van der Waals surface area contributed by atoms with Gasteiger partial charge in [-0.15, -0.1) is 11.8 Å². The molecule has 6 nitrogen and oxygen atoms in total. The molecule has 2 heterocycles. The summed E-state index contributed by atoms with van der Waals surface area (Å²) in [6, 6.07) is -0.215. The number of nitrogens with zero attached hydrogens (tertiary/aromatic N) is 2. The molecule has 1 amide bonds. The molecule has 2 unspecified atom stereocenters. The number of thioether (sulfide) groups is 1. The second-order valence-electron chi connectivity index (χ2n) is 3.37. The number of aromatic amines is 1. The van der Waals surface area contributed by atoms with Crippen LogP contribution in [-0.4, -0.2) is 38.8 Å². The zero-order valence-electron chi connectivity index (χ0n) is 8.36. The van der Waals surface area contributed by atoms with Crippen LogP contribution in [0, 0.1) is 0 Å². The van der Waals surface area contributed by atoms with E-state index in [2.05, 4.69) is 25.8 Å². The number of nitrogens with one attached hydrogen (secondary N) is 3. The first-order chi connectivity index (χ1) is 7.27. The highest BCUT2D eigenvalue weighted by molar-refractivity contribution is 7.99. The molecule has 82 valence electrons. The van der Waals surface area contributed by atoms with Gasteiger partial charge in [-0.2, -0.15) is 5.10 Å². The van der Waals surface area contributed by atoms with Crippen molar-refractivity contribution in [1.29, 1.82) is 0 Å². The van der Waals surface area contributed by atoms with Crippen molar-refractivity contribution in [2.24, 2.45) is 0 Å². The fourth-order valence-corrected chi connectivity index (χ4v) is 2.31. The van der Waals surface area contributed by atoms with Crippen molar-refractivity contribution >= 4 is 17.7 Å². The highest BCUT2D eigenvalue weighted by Crippen LogP contribution is 2.11. The van der Waals surface area contributed by atoms with Crippen molar-refractivity contribution in [1.82, 2.24) is 25.8 Å². The maximum absolute atomic E-state index is 11.7. The fraction of sp³-hybridized carbons (Fsp3) is 0.625. The van der Waals surface area contributed by atoms with Gasteiger partial charge in [0.1, 0.15) is 12.2 Å². The van der Waals surface area contributed by atoms with Gasteiger partial charge in [0, 0.05) is 11.6 Å². The van der Waals surface area contributed by atoms with Crippen molar-refractivity contribution in [3.63, 3.8) is 0 Å². The Hall–Kier alpha value is -1.08. The number of amides is 1. The van der Waals surface area contributed by atoms with Gasteiger partial charge < -0.3 is 5.32 Å². The van der Waals surface area contributed by atoms with Crippen LogP contribution in [-0.2, 0) is 4.79 Å². The Kier molecular flexibility index (Phi) is 3.22. The molecule has 3 N–H and O–H groups in total. The van der Waals surface area contributed by atoms with E-state index in [1.54, 1.807) is 11.8 Å². The number of rotatable bonds is 3. The molecule has 7 heteroatoms. The third-order valence-electron chi connectivity index (χ3n) is 2.24. The number of carbonyl (C=O) groups is 1. The van der Waals surface area contributed by atoms with Crippen LogP contribution >= 0.6 is 11.8 Å². The number of hydrogen-bond donors (Lipinski definition) is 3. The predicted octanol–water partition coefficient (Wildman–Crippen LogP) is -0.356. The Morgan fingerprint density at radius 3 is 3.27 bits per heavy atom. The standard InChI is InChI=1S/C8H13N5OS/c1-5(7-9-3-11-13-7)12-8(14)6-2-15-4-10-6/h3,5-6,10H,2,4H2,1H3,(H,12,14)(H,9,11,13). The van der Waals surface area contributed by atoms with Crippen LogP contribution in [0.4, 0.5) is 0 Å². The summed E-state index contributed by atoms with van der Waals surface area (Å²) < 4.78 is 0. The second kappa shape index (κ2) is 4.63. The Bertz CT molecular complexity index is 322. The molecular weight excluding hydrogens is 214 g/mol. The average Bonchev–Trinajstić information content (AvgIpc) is 2.91. The molecule has 0 radical (unpaired) electrons. The smallest absolute Gasteiger partial charge is 0.238 e. The average molecular weight is 227 g/mol. The molecule has 0 bridgehead atoms. The third kappa shape index (κ3) is 2.48. The van der Waals surface area contributed by atoms with Crippen molar-refractivity contribution in [2.75, 3.05) is 11.6 Å². The van der Waals surface area contributed by atoms with E-state index in [0.717, 1.165) is 11.6 Å². The van der Waals surface area contributed by atoms with Crippen molar-refractivity contribution in [3.8, 4) is 0 Å². The van der Waals surface area contributed by atoms with Gasteiger partial charge in [-0.25, -0.2) is 4.98 Å². The zero-order chi connectivity index (χ0) is 10.7. The maximum Gasteiger partial charge on any atom is 0.238 e. The Morgan fingerprint density at radius 2 is 2.67 bits per heavy atom. The lowest BCUT2D eigenvalue weighted by atomic mass is 10.2. The normalized spacial score (nSPS) is 22.6. The minimum absolute atomic E-state index is 0.0175. The van der Waals surface area contributed by atoms with E-state index >= 15 is 0 Å². The summed E-state index contributed by atoms with van der Waals surface area (Å²) in [5.74, 6) is 2.36. The van der Waals surface area contributed by atoms with Gasteiger partial charge in [0.15, 0.2) is 0 Å². The van der Waals surface area contributed by atoms with Crippen molar-refractivity contribution < 1.29 is 4.79 Å². The molecule has 0 aliphatic carbocycles. The SMILES string of the molecule is CC(NC(=O)C1CSCN1)c1ncn[nH]1. The van der Waals surface area contributed by atoms with Gasteiger partial charge >= 0.3 is 0 Å². The summed E-state index contributed by atoms with van der Waals surface area (Å²) in [5, 5.41) is 12.5. The van der Waals surface area contributed by atoms with Gasteiger partial charge in [-0.1, -0.05) is 0 Å². The fourth-order valence-electron chi connectivity index (χ4n) is 1.37. The predicted molar refractivity (Wildman–Crippen MR) is 57.2 cm³/mol. The molecule has 1 aliphatic heterocycles. The molecule has 2 atom stereocenters. The van der Waals surface area contributed by atoms with Crippen LogP contribution in [0.15, 0.2) is 6.33 Å². The molecule has 1 saturated heterocycles. The summed E-state index contributed by atoms with van der Waals surface area (Å²) in [4.78, 5) is 15.7. The van der Waals surface area contributed by atoms with Crippen molar-refractivity contribution in [2.45, 2.75) is 19.0 Å². The largest absolute Gasteiger partial charge is 0.345 e. The van der Waals surface area contributed by atoms with Crippen LogP contribution in [0.5, 0.6) is 0 Å². The molecule has 1 fully saturated rings. The third-order valence-corrected chi connectivity index (χ3v) is 3.18. The van der Waals surface area contributed by atoms with Crippen molar-refractivity contribution in [3.05, 3.63) is 12.2 Å². The zero-order valence-corrected chi connectivity index (χ0v) is 9.17. The van der Waals surface area contributed by atoms with Crippen LogP contribution in [0.1, 0.15) is 18.8 Å². The van der Waals surface area contributed by atoms with Crippen LogP contribution in [0.25, 0.3) is 0 Å². The van der Waals surface area contributed by atoms with E-state index in [1.165, 1.54) is 6.33 Å². The lowest BCUT2D eigenvalue weighted by Crippen LogP contribution is -2.43. The van der Waals surface area contributed by atoms with Crippen LogP contribution in [0.3, 0.4) is 0 Å². The van der Waals surface area contributed by atoms with Gasteiger partial charge in [0.05, 0.1) is 12.1 Å². The highest BCUT2D eigenvalue weighted by atomic mass is 32.2. The lowest BCUT2D eigenvalue weighted by molar-refractivity contribution is -0.123. The Morgan fingerprint density at radius 1 is 1.80 bits per heavy atom. The van der Waals surface area contributed by atoms with E-state index in [0.29, 0.717) is 5.82 Å². The molecule has 15 heavy (non-hydrogen) atoms. The quantitative estimate of drug-likeness (QED) is 0.657. The first-order valence-electron chi connectivity index (χ1n) is 4.74. The summed E-state index contributed by atoms with van der Waals surface area (Å²) in [6.45, 7) is 1.88. The molecule has 1 aromatic heterocycles. The molecule has 1 aliphatic rings. The molecular formula is C8H13N5OS. The number of carbonyl (C=O) groups excluding carboxylic acids is 1. The molecule has 2 rings (SSSR count). The Labute approximate surface area is 91.6 Å². The summed E-state index contributed by atoms with van der Waals surface area (Å²) in [5.41, 5.74) is 0. The van der Waals surface area contributed by atoms with E-state index in [1.807, 2.05) is 6.92 Å². The van der Waals surface area contributed by atoms with E-state index < -0.39 is 0 Å². The van der Waals surface area contributed by atoms with Crippen LogP contribution in [0.2, 0.25) is 0 Å². The summed E-state index contributed by atoms with van der Waals surface area (Å²) in [6.07, 6.45) is 1.43. The van der Waals surface area contributed by atoms with Gasteiger partial charge in [-0.3, -0.25) is 15.2 Å². The minimum Gasteiger partial charge on any atom is -0.345 e. The molecule has 0 spiro atoms. The first kappa shape index (κ1) is 10.4. The minimum atomic E-state index is -0.132. The lowest BCUT2D eigenvalue weighted by Gasteiger charge is -2.14. The van der Waals surface area contributed by atoms with E-state index in [4.69, 9.17) is 0 Å². The summed E-state index contributed by atoms with van der Waals surface area (Å²) >= 11 is 1.73. The van der Waals surface area contributed by atoms with Gasteiger partial charge in [0.2, 0.25) is 5.91 Å². The van der Waals surface area contributed by atoms with Gasteiger partial charge in [-0.05, 0) is 6.92 Å². The number of hydrogen-bond acceptors (Lipinski definition) is 5. The Balaban J connectivity index is 1.88. The maximum atomic E-state index is 11.7. The monoisotopic (exact) mass is 227 g/mol. The van der Waals surface area contributed by atoms with Gasteiger partial charge in [0.25, 0.3) is 0 Å². The van der Waals surface area contributed by atoms with E-state index in [-0.39, 0.29) is 18.0 Å². The van der Waals surface area contributed by atoms with Crippen LogP contribution < -0.4 is 10.6 Å². The molecule has 0 saturated carbocycles. The number of H-pyrrole nitrogens is 1. The number of aromatic nitrogens is 3. The van der Waals surface area contributed by atoms with E-state index in [9.17, 15) is 4.79 Å². The topological polar surface area (TPSA) is 82.7 Å².